The van der Waals surface area contributed by atoms with Crippen LogP contribution in [0.25, 0.3) is 0 Å². The molecule has 0 radical (unpaired) electrons. The summed E-state index contributed by atoms with van der Waals surface area (Å²) in [5.41, 5.74) is 0. The van der Waals surface area contributed by atoms with Crippen molar-refractivity contribution in [3.63, 3.8) is 0 Å². The van der Waals surface area contributed by atoms with Crippen LogP contribution >= 0.6 is 7.82 Å². The van der Waals surface area contributed by atoms with Gasteiger partial charge in [-0.25, -0.2) is 4.57 Å². The first-order valence-electron chi connectivity index (χ1n) is 27.4. The van der Waals surface area contributed by atoms with Gasteiger partial charge in [-0.15, -0.1) is 0 Å². The molecule has 0 aliphatic heterocycles. The van der Waals surface area contributed by atoms with E-state index in [1.54, 1.807) is 0 Å². The number of carbonyl (C=O) groups excluding carboxylic acids is 3. The third kappa shape index (κ3) is 50.8. The average Bonchev–Trinajstić information content (AvgIpc) is 3.37. The molecule has 408 valence electrons. The third-order valence-corrected chi connectivity index (χ3v) is 11.8. The molecule has 0 aromatic carbocycles. The van der Waals surface area contributed by atoms with E-state index in [0.717, 1.165) is 116 Å². The number of esters is 3. The van der Waals surface area contributed by atoms with Crippen LogP contribution in [0.2, 0.25) is 0 Å². The Morgan fingerprint density at radius 3 is 1.19 bits per heavy atom. The third-order valence-electron chi connectivity index (χ3n) is 10.9. The number of carbonyl (C=O) groups is 3. The Balaban J connectivity index is 4.88. The molecule has 2 N–H and O–H groups in total. The minimum Gasteiger partial charge on any atom is -0.462 e. The summed E-state index contributed by atoms with van der Waals surface area (Å²) in [6.45, 7) is 4.24. The van der Waals surface area contributed by atoms with E-state index < -0.39 is 64.4 Å². The summed E-state index contributed by atoms with van der Waals surface area (Å²) in [6, 6.07) is 0. The molecule has 3 atom stereocenters. The SMILES string of the molecule is CC/C=C\C/C=C\C/C=C\C/C=C\C/C=C\C/C=C\CCC(=O)OCC(COP(=O)(O)OCC(CO)OC(=O)CCCCCCC/C=C\CCCCCC)OC(=O)CCCCC/C=C\C/C=C\C/C=C\CC. The van der Waals surface area contributed by atoms with Crippen LogP contribution in [0.5, 0.6) is 0 Å². The minimum atomic E-state index is -4.78. The van der Waals surface area contributed by atoms with Crippen LogP contribution in [0.1, 0.15) is 201 Å². The fraction of sp³-hybridized carbons (Fsp3) is 0.617. The van der Waals surface area contributed by atoms with Crippen molar-refractivity contribution >= 4 is 25.7 Å². The highest BCUT2D eigenvalue weighted by atomic mass is 31.2. The van der Waals surface area contributed by atoms with E-state index in [-0.39, 0.29) is 19.3 Å². The van der Waals surface area contributed by atoms with Crippen molar-refractivity contribution in [1.82, 2.24) is 0 Å². The quantitative estimate of drug-likeness (QED) is 0.0197. The molecule has 0 heterocycles. The zero-order valence-corrected chi connectivity index (χ0v) is 45.7. The Morgan fingerprint density at radius 2 is 0.750 bits per heavy atom. The van der Waals surface area contributed by atoms with Gasteiger partial charge in [0.25, 0.3) is 0 Å². The molecule has 0 aromatic heterocycles. The Morgan fingerprint density at radius 1 is 0.403 bits per heavy atom. The maximum atomic E-state index is 12.9. The molecule has 0 aromatic rings. The lowest BCUT2D eigenvalue weighted by Gasteiger charge is -2.21. The van der Waals surface area contributed by atoms with E-state index in [9.17, 15) is 28.9 Å². The number of phosphoric ester groups is 1. The minimum absolute atomic E-state index is 0.0881. The second-order valence-corrected chi connectivity index (χ2v) is 19.1. The molecule has 0 aliphatic rings. The van der Waals surface area contributed by atoms with Gasteiger partial charge in [0, 0.05) is 19.3 Å². The maximum Gasteiger partial charge on any atom is 0.472 e. The van der Waals surface area contributed by atoms with Crippen molar-refractivity contribution in [2.24, 2.45) is 0 Å². The van der Waals surface area contributed by atoms with E-state index >= 15 is 0 Å². The molecule has 0 saturated heterocycles. The molecule has 0 aliphatic carbocycles. The predicted octanol–water partition coefficient (Wildman–Crippen LogP) is 16.0. The highest BCUT2D eigenvalue weighted by molar-refractivity contribution is 7.47. The highest BCUT2D eigenvalue weighted by Gasteiger charge is 2.28. The van der Waals surface area contributed by atoms with E-state index in [2.05, 4.69) is 130 Å². The average molecular weight is 1030 g/mol. The van der Waals surface area contributed by atoms with Crippen molar-refractivity contribution in [3.05, 3.63) is 122 Å². The van der Waals surface area contributed by atoms with Gasteiger partial charge in [0.15, 0.2) is 6.10 Å². The first kappa shape index (κ1) is 67.9. The molecule has 0 rings (SSSR count). The van der Waals surface area contributed by atoms with E-state index in [0.29, 0.717) is 19.3 Å². The van der Waals surface area contributed by atoms with Crippen LogP contribution in [-0.4, -0.2) is 66.5 Å². The molecule has 3 unspecified atom stereocenters. The van der Waals surface area contributed by atoms with Gasteiger partial charge >= 0.3 is 25.7 Å². The van der Waals surface area contributed by atoms with Crippen molar-refractivity contribution in [1.29, 1.82) is 0 Å². The van der Waals surface area contributed by atoms with Crippen LogP contribution in [0.4, 0.5) is 0 Å². The number of phosphoric acid groups is 1. The van der Waals surface area contributed by atoms with Gasteiger partial charge in [0.2, 0.25) is 0 Å². The van der Waals surface area contributed by atoms with Gasteiger partial charge in [-0.1, -0.05) is 187 Å². The Kier molecular flexibility index (Phi) is 50.1. The summed E-state index contributed by atoms with van der Waals surface area (Å²) in [5.74, 6) is -1.63. The van der Waals surface area contributed by atoms with Gasteiger partial charge in [-0.2, -0.15) is 0 Å². The predicted molar refractivity (Wildman–Crippen MR) is 297 cm³/mol. The van der Waals surface area contributed by atoms with Crippen LogP contribution in [-0.2, 0) is 42.2 Å². The van der Waals surface area contributed by atoms with Gasteiger partial charge in [0.1, 0.15) is 12.7 Å². The molecular formula is C60H97O11P. The zero-order valence-electron chi connectivity index (χ0n) is 44.8. The molecule has 11 nitrogen and oxygen atoms in total. The van der Waals surface area contributed by atoms with E-state index in [4.69, 9.17) is 23.3 Å². The number of allylic oxidation sites excluding steroid dienone is 20. The van der Waals surface area contributed by atoms with Gasteiger partial charge < -0.3 is 24.2 Å². The number of aliphatic hydroxyl groups is 1. The lowest BCUT2D eigenvalue weighted by molar-refractivity contribution is -0.161. The molecule has 0 spiro atoms. The van der Waals surface area contributed by atoms with Crippen LogP contribution in [0.3, 0.4) is 0 Å². The fourth-order valence-corrected chi connectivity index (χ4v) is 7.53. The summed E-state index contributed by atoms with van der Waals surface area (Å²) in [6.07, 6.45) is 64.7. The molecule has 0 bridgehead atoms. The van der Waals surface area contributed by atoms with Crippen molar-refractivity contribution in [3.8, 4) is 0 Å². The number of unbranched alkanes of at least 4 members (excludes halogenated alkanes) is 12. The van der Waals surface area contributed by atoms with Gasteiger partial charge in [-0.05, 0) is 116 Å². The lowest BCUT2D eigenvalue weighted by atomic mass is 10.1. The second-order valence-electron chi connectivity index (χ2n) is 17.6. The summed E-state index contributed by atoms with van der Waals surface area (Å²) in [4.78, 5) is 48.4. The summed E-state index contributed by atoms with van der Waals surface area (Å²) in [5, 5.41) is 9.79. The summed E-state index contributed by atoms with van der Waals surface area (Å²) in [7, 11) is -4.78. The zero-order chi connectivity index (χ0) is 52.7. The number of hydrogen-bond acceptors (Lipinski definition) is 10. The van der Waals surface area contributed by atoms with Crippen LogP contribution < -0.4 is 0 Å². The molecule has 0 fully saturated rings. The summed E-state index contributed by atoms with van der Waals surface area (Å²) >= 11 is 0. The maximum absolute atomic E-state index is 12.9. The Hall–Kier alpha value is -4.12. The number of ether oxygens (including phenoxy) is 3. The van der Waals surface area contributed by atoms with Crippen molar-refractivity contribution in [2.45, 2.75) is 213 Å². The van der Waals surface area contributed by atoms with E-state index in [1.165, 1.54) is 25.7 Å². The Bertz CT molecular complexity index is 1670. The second kappa shape index (κ2) is 53.2. The first-order valence-corrected chi connectivity index (χ1v) is 28.9. The standard InChI is InChI=1S/C60H97O11P/c1-4-7-10-13-16-19-22-25-26-27-28-29-30-33-34-37-40-43-46-49-58(62)67-53-57(71-60(64)51-48-45-42-39-36-32-24-21-18-15-12-9-6-3)55-69-72(65,66)68-54-56(52-61)70-59(63)50-47-44-41-38-35-31-23-20-17-14-11-8-5-2/h7,9-10,12,16,18-21,23,25-26,28-29,32-34,36,40,43,56-57,61H,4-6,8,11,13-15,17,22,24,27,30-31,35,37-39,41-42,44-55H2,1-3H3,(H,65,66)/b10-7-,12-9-,19-16-,21-18-,23-20-,26-25-,29-28-,34-33-,36-32-,43-40-. The van der Waals surface area contributed by atoms with Gasteiger partial charge in [0.05, 0.1) is 19.8 Å². The lowest BCUT2D eigenvalue weighted by Crippen LogP contribution is -2.30. The summed E-state index contributed by atoms with van der Waals surface area (Å²) < 4.78 is 39.3. The molecule has 0 saturated carbocycles. The Labute approximate surface area is 437 Å². The molecule has 72 heavy (non-hydrogen) atoms. The molecule has 0 amide bonds. The number of aliphatic hydroxyl groups excluding tert-OH is 1. The van der Waals surface area contributed by atoms with Crippen LogP contribution in [0, 0.1) is 0 Å². The van der Waals surface area contributed by atoms with Gasteiger partial charge in [-0.3, -0.25) is 23.4 Å². The monoisotopic (exact) mass is 1020 g/mol. The topological polar surface area (TPSA) is 155 Å². The van der Waals surface area contributed by atoms with E-state index in [1.807, 2.05) is 12.2 Å². The molecule has 12 heteroatoms. The van der Waals surface area contributed by atoms with Crippen LogP contribution in [0.15, 0.2) is 122 Å². The smallest absolute Gasteiger partial charge is 0.462 e. The highest BCUT2D eigenvalue weighted by Crippen LogP contribution is 2.43. The largest absolute Gasteiger partial charge is 0.472 e. The fourth-order valence-electron chi connectivity index (χ4n) is 6.74. The number of hydrogen-bond donors (Lipinski definition) is 2. The van der Waals surface area contributed by atoms with Crippen molar-refractivity contribution < 1.29 is 52.2 Å². The molecular weight excluding hydrogens is 928 g/mol. The first-order chi connectivity index (χ1) is 35.2. The normalized spacial score (nSPS) is 14.3. The number of rotatable bonds is 49. The van der Waals surface area contributed by atoms with Crippen molar-refractivity contribution in [2.75, 3.05) is 26.4 Å².